The van der Waals surface area contributed by atoms with Gasteiger partial charge in [0.1, 0.15) is 10.8 Å². The van der Waals surface area contributed by atoms with E-state index in [2.05, 4.69) is 4.98 Å². The fourth-order valence-electron chi connectivity index (χ4n) is 3.58. The average molecular weight is 442 g/mol. The molecular formula is C22H17Cl2N3O3. The Bertz CT molecular complexity index is 1110. The van der Waals surface area contributed by atoms with E-state index in [4.69, 9.17) is 23.2 Å². The molecule has 1 aliphatic heterocycles. The predicted molar refractivity (Wildman–Crippen MR) is 115 cm³/mol. The van der Waals surface area contributed by atoms with Crippen LogP contribution >= 0.6 is 23.2 Å². The Morgan fingerprint density at radius 3 is 2.50 bits per heavy atom. The summed E-state index contributed by atoms with van der Waals surface area (Å²) in [4.78, 5) is 31.4. The van der Waals surface area contributed by atoms with Gasteiger partial charge in [-0.2, -0.15) is 0 Å². The lowest BCUT2D eigenvalue weighted by Gasteiger charge is -2.29. The van der Waals surface area contributed by atoms with Crippen LogP contribution in [0.4, 0.5) is 5.69 Å². The van der Waals surface area contributed by atoms with Crippen LogP contribution in [0.5, 0.6) is 0 Å². The van der Waals surface area contributed by atoms with E-state index in [1.165, 1.54) is 11.0 Å². The zero-order valence-corrected chi connectivity index (χ0v) is 17.2. The Kier molecular flexibility index (Phi) is 5.83. The number of aromatic nitrogens is 1. The molecule has 0 saturated heterocycles. The molecule has 1 amide bonds. The fraction of sp³-hybridized carbons (Fsp3) is 0.136. The molecule has 152 valence electrons. The number of hydrogen-bond acceptors (Lipinski definition) is 4. The number of carbonyl (C=O) groups is 2. The Morgan fingerprint density at radius 1 is 1.07 bits per heavy atom. The second kappa shape index (κ2) is 8.53. The Balaban J connectivity index is 1.81. The summed E-state index contributed by atoms with van der Waals surface area (Å²) in [6, 6.07) is 17.9. The lowest BCUT2D eigenvalue weighted by Crippen LogP contribution is -3.08. The number of nitrogens with one attached hydrogen (secondary N) is 1. The van der Waals surface area contributed by atoms with Crippen molar-refractivity contribution in [2.24, 2.45) is 0 Å². The van der Waals surface area contributed by atoms with E-state index in [0.29, 0.717) is 27.5 Å². The third-order valence-corrected chi connectivity index (χ3v) is 5.55. The number of hydrogen-bond donors (Lipinski definition) is 1. The monoisotopic (exact) mass is 441 g/mol. The summed E-state index contributed by atoms with van der Waals surface area (Å²) >= 11 is 12.5. The topological polar surface area (TPSA) is 77.8 Å². The number of hydroxylamine groups is 2. The van der Waals surface area contributed by atoms with E-state index in [0.717, 1.165) is 0 Å². The molecule has 0 radical (unpaired) electrons. The predicted octanol–water partition coefficient (Wildman–Crippen LogP) is 3.09. The van der Waals surface area contributed by atoms with Crippen LogP contribution in [-0.2, 0) is 4.79 Å². The number of halogens is 2. The van der Waals surface area contributed by atoms with Gasteiger partial charge in [-0.1, -0.05) is 71.7 Å². The molecule has 1 N–H and O–H groups in total. The van der Waals surface area contributed by atoms with Crippen molar-refractivity contribution in [1.29, 1.82) is 0 Å². The summed E-state index contributed by atoms with van der Waals surface area (Å²) in [5.41, 5.74) is 1.72. The maximum atomic E-state index is 13.1. The van der Waals surface area contributed by atoms with Crippen LogP contribution in [-0.4, -0.2) is 29.8 Å². The van der Waals surface area contributed by atoms with Gasteiger partial charge in [0.25, 0.3) is 5.91 Å². The largest absolute Gasteiger partial charge is 0.633 e. The standard InChI is InChI=1S/C22H17Cl2N3O3/c23-16-9-5-4-8-15(16)22-21-17(10-11-19(24)25-21)26(20(29)13-27(22)30)12-18(28)14-6-2-1-3-7-14/h1-11,22,27H,12-13H2. The highest BCUT2D eigenvalue weighted by molar-refractivity contribution is 6.31. The minimum Gasteiger partial charge on any atom is -0.633 e. The Morgan fingerprint density at radius 2 is 1.77 bits per heavy atom. The second-order valence-electron chi connectivity index (χ2n) is 6.91. The summed E-state index contributed by atoms with van der Waals surface area (Å²) < 4.78 is 0. The van der Waals surface area contributed by atoms with Gasteiger partial charge in [-0.05, 0) is 18.2 Å². The first-order valence-electron chi connectivity index (χ1n) is 9.28. The van der Waals surface area contributed by atoms with Crippen LogP contribution < -0.4 is 9.96 Å². The van der Waals surface area contributed by atoms with Crippen LogP contribution in [0.25, 0.3) is 0 Å². The van der Waals surface area contributed by atoms with Gasteiger partial charge in [-0.3, -0.25) is 14.5 Å². The highest BCUT2D eigenvalue weighted by Crippen LogP contribution is 2.33. The number of quaternary nitrogens is 1. The third kappa shape index (κ3) is 3.95. The minimum absolute atomic E-state index is 0.183. The van der Waals surface area contributed by atoms with Crippen LogP contribution in [0.1, 0.15) is 27.7 Å². The average Bonchev–Trinajstić information content (AvgIpc) is 2.83. The molecule has 8 heteroatoms. The zero-order valence-electron chi connectivity index (χ0n) is 15.7. The smallest absolute Gasteiger partial charge is 0.282 e. The van der Waals surface area contributed by atoms with Gasteiger partial charge in [0.15, 0.2) is 18.4 Å². The van der Waals surface area contributed by atoms with Gasteiger partial charge in [-0.25, -0.2) is 4.98 Å². The van der Waals surface area contributed by atoms with Crippen molar-refractivity contribution in [3.05, 3.63) is 98.9 Å². The van der Waals surface area contributed by atoms with Crippen LogP contribution in [0.2, 0.25) is 10.2 Å². The molecule has 2 atom stereocenters. The molecule has 0 spiro atoms. The molecule has 1 aliphatic rings. The number of fused-ring (bicyclic) bond motifs is 1. The van der Waals surface area contributed by atoms with E-state index < -0.39 is 11.9 Å². The first kappa shape index (κ1) is 20.5. The number of anilines is 1. The van der Waals surface area contributed by atoms with E-state index in [1.807, 2.05) is 6.07 Å². The normalized spacial score (nSPS) is 18.6. The molecule has 2 heterocycles. The first-order valence-corrected chi connectivity index (χ1v) is 10.0. The molecule has 0 bridgehead atoms. The lowest BCUT2D eigenvalue weighted by atomic mass is 10.0. The van der Waals surface area contributed by atoms with Crippen molar-refractivity contribution in [3.63, 3.8) is 0 Å². The van der Waals surface area contributed by atoms with Gasteiger partial charge in [0.2, 0.25) is 0 Å². The maximum absolute atomic E-state index is 13.1. The molecule has 2 aromatic carbocycles. The number of pyridine rings is 1. The number of Topliss-reactive ketones (excluding diaryl/α,β-unsaturated/α-hetero) is 1. The quantitative estimate of drug-likeness (QED) is 0.383. The minimum atomic E-state index is -0.854. The van der Waals surface area contributed by atoms with Crippen molar-refractivity contribution in [2.45, 2.75) is 6.04 Å². The molecule has 1 aromatic heterocycles. The van der Waals surface area contributed by atoms with E-state index in [-0.39, 0.29) is 29.1 Å². The number of ketones is 1. The fourth-order valence-corrected chi connectivity index (χ4v) is 3.98. The van der Waals surface area contributed by atoms with Gasteiger partial charge in [-0.15, -0.1) is 0 Å². The van der Waals surface area contributed by atoms with Gasteiger partial charge in [0.05, 0.1) is 17.3 Å². The molecule has 3 aromatic rings. The number of rotatable bonds is 4. The summed E-state index contributed by atoms with van der Waals surface area (Å²) in [5.74, 6) is -0.710. The van der Waals surface area contributed by atoms with Crippen LogP contribution in [0.3, 0.4) is 0 Å². The highest BCUT2D eigenvalue weighted by atomic mass is 35.5. The van der Waals surface area contributed by atoms with Crippen molar-refractivity contribution in [2.75, 3.05) is 18.0 Å². The van der Waals surface area contributed by atoms with Crippen molar-refractivity contribution in [3.8, 4) is 0 Å². The number of nitrogens with zero attached hydrogens (tertiary/aromatic N) is 2. The highest BCUT2D eigenvalue weighted by Gasteiger charge is 2.37. The Labute approximate surface area is 183 Å². The van der Waals surface area contributed by atoms with Crippen LogP contribution in [0.15, 0.2) is 66.7 Å². The van der Waals surface area contributed by atoms with E-state index in [9.17, 15) is 14.8 Å². The van der Waals surface area contributed by atoms with Gasteiger partial charge < -0.3 is 10.3 Å². The SMILES string of the molecule is O=C(CN1C(=O)C[NH+]([O-])C(c2ccccc2Cl)c2nc(Cl)ccc21)c1ccccc1. The lowest BCUT2D eigenvalue weighted by molar-refractivity contribution is -0.866. The molecule has 6 nitrogen and oxygen atoms in total. The molecule has 0 saturated carbocycles. The Hall–Kier alpha value is -2.77. The summed E-state index contributed by atoms with van der Waals surface area (Å²) in [5, 5.41) is 13.3. The van der Waals surface area contributed by atoms with E-state index >= 15 is 0 Å². The number of benzene rings is 2. The third-order valence-electron chi connectivity index (χ3n) is 4.99. The van der Waals surface area contributed by atoms with Gasteiger partial charge in [0, 0.05) is 11.1 Å². The molecule has 30 heavy (non-hydrogen) atoms. The number of carbonyl (C=O) groups excluding carboxylic acids is 2. The van der Waals surface area contributed by atoms with E-state index in [1.54, 1.807) is 54.6 Å². The van der Waals surface area contributed by atoms with Crippen molar-refractivity contribution >= 4 is 40.6 Å². The molecule has 0 aliphatic carbocycles. The summed E-state index contributed by atoms with van der Waals surface area (Å²) in [6.07, 6.45) is 0. The van der Waals surface area contributed by atoms with Crippen molar-refractivity contribution in [1.82, 2.24) is 4.98 Å². The summed E-state index contributed by atoms with van der Waals surface area (Å²) in [6.45, 7) is -0.576. The molecule has 2 unspecified atom stereocenters. The first-order chi connectivity index (χ1) is 14.5. The van der Waals surface area contributed by atoms with Crippen molar-refractivity contribution < 1.29 is 14.7 Å². The zero-order chi connectivity index (χ0) is 21.3. The van der Waals surface area contributed by atoms with Gasteiger partial charge >= 0.3 is 0 Å². The molecule has 4 rings (SSSR count). The van der Waals surface area contributed by atoms with Crippen LogP contribution in [0, 0.1) is 5.21 Å². The maximum Gasteiger partial charge on any atom is 0.282 e. The number of amides is 1. The molecular weight excluding hydrogens is 425 g/mol. The molecule has 0 fully saturated rings. The summed E-state index contributed by atoms with van der Waals surface area (Å²) in [7, 11) is 0. The second-order valence-corrected chi connectivity index (χ2v) is 7.70.